The highest BCUT2D eigenvalue weighted by Gasteiger charge is 2.53. The second-order valence-corrected chi connectivity index (χ2v) is 13.9. The Morgan fingerprint density at radius 1 is 0.321 bits per heavy atom. The van der Waals surface area contributed by atoms with Crippen molar-refractivity contribution in [2.24, 2.45) is 0 Å². The Kier molecular flexibility index (Phi) is 6.47. The number of nitrogens with zero attached hydrogens (tertiary/aromatic N) is 3. The van der Waals surface area contributed by atoms with Gasteiger partial charge in [-0.05, 0) is 72.5 Å². The zero-order valence-electron chi connectivity index (χ0n) is 28.7. The second kappa shape index (κ2) is 11.5. The molecule has 1 heterocycles. The lowest BCUT2D eigenvalue weighted by molar-refractivity contribution is 0.801. The number of hydrogen-bond donors (Lipinski definition) is 0. The van der Waals surface area contributed by atoms with E-state index in [1.54, 1.807) is 0 Å². The van der Waals surface area contributed by atoms with Crippen molar-refractivity contribution in [2.45, 2.75) is 5.41 Å². The Morgan fingerprint density at radius 3 is 1.40 bits per heavy atom. The minimum atomic E-state index is -0.500. The molecule has 0 aliphatic heterocycles. The van der Waals surface area contributed by atoms with Crippen molar-refractivity contribution in [2.75, 3.05) is 0 Å². The highest BCUT2D eigenvalue weighted by atomic mass is 15.0. The Hall–Kier alpha value is -6.97. The Morgan fingerprint density at radius 2 is 0.755 bits per heavy atom. The SMILES string of the molecule is c1ccc(-c2ccc(-c3nc(-c4ccccc4)nc(-c4cc5ccccc5c5c4-c4ccccc4C54c5ccccc5-c5ccccc54)n3)cc2)cc1. The summed E-state index contributed by atoms with van der Waals surface area (Å²) in [6, 6.07) is 67.2. The molecule has 0 saturated carbocycles. The Labute approximate surface area is 308 Å². The first-order valence-electron chi connectivity index (χ1n) is 18.1. The van der Waals surface area contributed by atoms with Crippen LogP contribution in [-0.2, 0) is 5.41 Å². The van der Waals surface area contributed by atoms with Crippen LogP contribution in [0.1, 0.15) is 22.3 Å². The Balaban J connectivity index is 1.22. The third-order valence-corrected chi connectivity index (χ3v) is 11.1. The van der Waals surface area contributed by atoms with E-state index in [1.807, 2.05) is 24.3 Å². The minimum Gasteiger partial charge on any atom is -0.208 e. The van der Waals surface area contributed by atoms with Gasteiger partial charge in [0.05, 0.1) is 5.41 Å². The van der Waals surface area contributed by atoms with E-state index >= 15 is 0 Å². The van der Waals surface area contributed by atoms with Gasteiger partial charge in [-0.2, -0.15) is 0 Å². The van der Waals surface area contributed by atoms with Gasteiger partial charge in [-0.1, -0.05) is 182 Å². The molecule has 0 saturated heterocycles. The van der Waals surface area contributed by atoms with Crippen LogP contribution < -0.4 is 0 Å². The lowest BCUT2D eigenvalue weighted by Crippen LogP contribution is -2.26. The van der Waals surface area contributed by atoms with Crippen molar-refractivity contribution >= 4 is 10.8 Å². The standard InChI is InChI=1S/C50H31N3/c1-3-15-32(16-4-1)33-27-29-35(30-28-33)48-51-47(34-17-5-2-6-18-34)52-49(53-48)41-31-36-19-7-8-20-37(36)46-45(41)40-23-11-14-26-44(40)50(46)42-24-12-9-21-38(42)39-22-10-13-25-43(39)50/h1-31H. The third-order valence-electron chi connectivity index (χ3n) is 11.1. The molecule has 2 aliphatic carbocycles. The fraction of sp³-hybridized carbons (Fsp3) is 0.0200. The molecular formula is C50H31N3. The first-order chi connectivity index (χ1) is 26.3. The van der Waals surface area contributed by atoms with Gasteiger partial charge in [0.15, 0.2) is 17.5 Å². The maximum atomic E-state index is 5.34. The molecule has 0 fully saturated rings. The highest BCUT2D eigenvalue weighted by Crippen LogP contribution is 2.65. The maximum Gasteiger partial charge on any atom is 0.164 e. The predicted octanol–water partition coefficient (Wildman–Crippen LogP) is 12.0. The van der Waals surface area contributed by atoms with Gasteiger partial charge < -0.3 is 0 Å². The van der Waals surface area contributed by atoms with Gasteiger partial charge in [-0.25, -0.2) is 15.0 Å². The lowest BCUT2D eigenvalue weighted by atomic mass is 9.69. The zero-order valence-corrected chi connectivity index (χ0v) is 28.7. The van der Waals surface area contributed by atoms with Crippen LogP contribution in [-0.4, -0.2) is 15.0 Å². The summed E-state index contributed by atoms with van der Waals surface area (Å²) in [6.07, 6.45) is 0. The van der Waals surface area contributed by atoms with Crippen LogP contribution in [0.2, 0.25) is 0 Å². The molecule has 246 valence electrons. The monoisotopic (exact) mass is 673 g/mol. The van der Waals surface area contributed by atoms with E-state index in [0.717, 1.165) is 27.6 Å². The van der Waals surface area contributed by atoms with Gasteiger partial charge in [0.2, 0.25) is 0 Å². The molecule has 3 nitrogen and oxygen atoms in total. The smallest absolute Gasteiger partial charge is 0.164 e. The van der Waals surface area contributed by atoms with Crippen LogP contribution in [0, 0.1) is 0 Å². The number of fused-ring (bicyclic) bond motifs is 12. The van der Waals surface area contributed by atoms with Gasteiger partial charge in [0.1, 0.15) is 0 Å². The molecule has 3 heteroatoms. The molecule has 0 amide bonds. The van der Waals surface area contributed by atoms with Crippen molar-refractivity contribution < 1.29 is 0 Å². The van der Waals surface area contributed by atoms with Gasteiger partial charge in [-0.3, -0.25) is 0 Å². The molecule has 0 radical (unpaired) electrons. The molecule has 2 aliphatic rings. The average Bonchev–Trinajstić information content (AvgIpc) is 3.72. The molecule has 53 heavy (non-hydrogen) atoms. The molecular weight excluding hydrogens is 643 g/mol. The van der Waals surface area contributed by atoms with Crippen LogP contribution in [0.5, 0.6) is 0 Å². The quantitative estimate of drug-likeness (QED) is 0.187. The van der Waals surface area contributed by atoms with Crippen LogP contribution in [0.15, 0.2) is 188 Å². The fourth-order valence-corrected chi connectivity index (χ4v) is 8.93. The summed E-state index contributed by atoms with van der Waals surface area (Å²) in [5.74, 6) is 1.96. The van der Waals surface area contributed by atoms with Crippen molar-refractivity contribution in [3.8, 4) is 67.5 Å². The molecule has 0 N–H and O–H groups in total. The summed E-state index contributed by atoms with van der Waals surface area (Å²) >= 11 is 0. The third kappa shape index (κ3) is 4.31. The first-order valence-corrected chi connectivity index (χ1v) is 18.1. The fourth-order valence-electron chi connectivity index (χ4n) is 8.93. The normalized spacial score (nSPS) is 13.1. The number of benzene rings is 8. The van der Waals surface area contributed by atoms with Crippen LogP contribution in [0.3, 0.4) is 0 Å². The van der Waals surface area contributed by atoms with E-state index in [-0.39, 0.29) is 0 Å². The van der Waals surface area contributed by atoms with Crippen LogP contribution in [0.4, 0.5) is 0 Å². The topological polar surface area (TPSA) is 38.7 Å². The molecule has 11 rings (SSSR count). The summed E-state index contributed by atoms with van der Waals surface area (Å²) in [5.41, 5.74) is 14.9. The maximum absolute atomic E-state index is 5.34. The number of rotatable bonds is 4. The molecule has 0 unspecified atom stereocenters. The van der Waals surface area contributed by atoms with E-state index in [1.165, 1.54) is 55.5 Å². The Bertz CT molecular complexity index is 2830. The molecule has 1 aromatic heterocycles. The zero-order chi connectivity index (χ0) is 34.9. The first kappa shape index (κ1) is 29.7. The van der Waals surface area contributed by atoms with E-state index in [2.05, 4.69) is 164 Å². The van der Waals surface area contributed by atoms with E-state index in [4.69, 9.17) is 15.0 Å². The van der Waals surface area contributed by atoms with Gasteiger partial charge in [0, 0.05) is 16.7 Å². The molecule has 0 atom stereocenters. The largest absolute Gasteiger partial charge is 0.208 e. The van der Waals surface area contributed by atoms with Crippen molar-refractivity contribution in [1.82, 2.24) is 15.0 Å². The van der Waals surface area contributed by atoms with Gasteiger partial charge in [0.25, 0.3) is 0 Å². The summed E-state index contributed by atoms with van der Waals surface area (Å²) < 4.78 is 0. The molecule has 8 aromatic carbocycles. The van der Waals surface area contributed by atoms with Crippen molar-refractivity contribution in [1.29, 1.82) is 0 Å². The summed E-state index contributed by atoms with van der Waals surface area (Å²) in [6.45, 7) is 0. The highest BCUT2D eigenvalue weighted by molar-refractivity contribution is 6.08. The molecule has 0 bridgehead atoms. The van der Waals surface area contributed by atoms with Crippen LogP contribution >= 0.6 is 0 Å². The van der Waals surface area contributed by atoms with Crippen LogP contribution in [0.25, 0.3) is 78.3 Å². The minimum absolute atomic E-state index is 0.500. The summed E-state index contributed by atoms with van der Waals surface area (Å²) in [7, 11) is 0. The average molecular weight is 674 g/mol. The van der Waals surface area contributed by atoms with E-state index < -0.39 is 5.41 Å². The van der Waals surface area contributed by atoms with Crippen molar-refractivity contribution in [3.63, 3.8) is 0 Å². The van der Waals surface area contributed by atoms with E-state index in [9.17, 15) is 0 Å². The van der Waals surface area contributed by atoms with E-state index in [0.29, 0.717) is 17.5 Å². The molecule has 1 spiro atoms. The second-order valence-electron chi connectivity index (χ2n) is 13.9. The predicted molar refractivity (Wildman–Crippen MR) is 215 cm³/mol. The summed E-state index contributed by atoms with van der Waals surface area (Å²) in [4.78, 5) is 15.8. The number of hydrogen-bond acceptors (Lipinski definition) is 3. The van der Waals surface area contributed by atoms with Crippen molar-refractivity contribution in [3.05, 3.63) is 210 Å². The van der Waals surface area contributed by atoms with Gasteiger partial charge in [-0.15, -0.1) is 0 Å². The lowest BCUT2D eigenvalue weighted by Gasteiger charge is -2.31. The number of aromatic nitrogens is 3. The molecule has 9 aromatic rings. The summed E-state index contributed by atoms with van der Waals surface area (Å²) in [5, 5.41) is 2.40. The van der Waals surface area contributed by atoms with Gasteiger partial charge >= 0.3 is 0 Å².